The molecule has 0 spiro atoms. The van der Waals surface area contributed by atoms with Crippen molar-refractivity contribution in [1.29, 1.82) is 0 Å². The number of benzene rings is 3. The molecule has 0 atom stereocenters. The molecule has 1 aliphatic rings. The molecular weight excluding hydrogens is 430 g/mol. The van der Waals surface area contributed by atoms with E-state index < -0.39 is 0 Å². The van der Waals surface area contributed by atoms with Gasteiger partial charge in [0, 0.05) is 41.0 Å². The summed E-state index contributed by atoms with van der Waals surface area (Å²) in [5.41, 5.74) is 2.38. The molecule has 7 heteroatoms. The van der Waals surface area contributed by atoms with Gasteiger partial charge in [0.05, 0.1) is 0 Å². The highest BCUT2D eigenvalue weighted by atomic mass is 16.7. The van der Waals surface area contributed by atoms with Gasteiger partial charge in [-0.15, -0.1) is 0 Å². The molecule has 174 valence electrons. The standard InChI is InChI=1S/C27H27N3O4/c1-29(2)13-3-14-30-15-12-20-16-23(9-10-24(20)30)34-22-7-4-19(5-8-22)27(31)28-21-6-11-25-26(17-21)33-18-32-25/h4-12,15-17H,3,13-14,18H2,1-2H3,(H,28,31). The highest BCUT2D eigenvalue weighted by Crippen LogP contribution is 2.34. The number of hydrogen-bond acceptors (Lipinski definition) is 5. The topological polar surface area (TPSA) is 65.0 Å². The van der Waals surface area contributed by atoms with Gasteiger partial charge in [0.2, 0.25) is 6.79 Å². The maximum atomic E-state index is 12.6. The molecule has 5 rings (SSSR count). The summed E-state index contributed by atoms with van der Waals surface area (Å²) in [7, 11) is 4.19. The predicted molar refractivity (Wildman–Crippen MR) is 132 cm³/mol. The summed E-state index contributed by atoms with van der Waals surface area (Å²) in [6.07, 6.45) is 3.22. The molecule has 3 aromatic carbocycles. The van der Waals surface area contributed by atoms with Gasteiger partial charge in [-0.05, 0) is 87.7 Å². The SMILES string of the molecule is CN(C)CCCn1ccc2cc(Oc3ccc(C(=O)Nc4ccc5c(c4)OCO5)cc3)ccc21. The molecule has 1 amide bonds. The second-order valence-corrected chi connectivity index (χ2v) is 8.54. The number of aromatic nitrogens is 1. The number of carbonyl (C=O) groups is 1. The van der Waals surface area contributed by atoms with Crippen LogP contribution >= 0.6 is 0 Å². The highest BCUT2D eigenvalue weighted by Gasteiger charge is 2.15. The van der Waals surface area contributed by atoms with Crippen molar-refractivity contribution >= 4 is 22.5 Å². The summed E-state index contributed by atoms with van der Waals surface area (Å²) in [6.45, 7) is 2.24. The van der Waals surface area contributed by atoms with Crippen LogP contribution in [0.5, 0.6) is 23.0 Å². The van der Waals surface area contributed by atoms with E-state index in [1.807, 2.05) is 12.1 Å². The average Bonchev–Trinajstić information content (AvgIpc) is 3.46. The fourth-order valence-electron chi connectivity index (χ4n) is 3.98. The van der Waals surface area contributed by atoms with Gasteiger partial charge in [0.1, 0.15) is 11.5 Å². The van der Waals surface area contributed by atoms with Crippen molar-refractivity contribution in [3.63, 3.8) is 0 Å². The van der Waals surface area contributed by atoms with Gasteiger partial charge < -0.3 is 29.0 Å². The van der Waals surface area contributed by atoms with Crippen LogP contribution in [0.4, 0.5) is 5.69 Å². The zero-order valence-electron chi connectivity index (χ0n) is 19.3. The van der Waals surface area contributed by atoms with Crippen LogP contribution in [0.2, 0.25) is 0 Å². The lowest BCUT2D eigenvalue weighted by atomic mass is 10.2. The number of amides is 1. The summed E-state index contributed by atoms with van der Waals surface area (Å²) < 4.78 is 19.0. The number of nitrogens with zero attached hydrogens (tertiary/aromatic N) is 2. The van der Waals surface area contributed by atoms with E-state index in [1.165, 1.54) is 5.52 Å². The quantitative estimate of drug-likeness (QED) is 0.386. The third-order valence-electron chi connectivity index (χ3n) is 5.73. The summed E-state index contributed by atoms with van der Waals surface area (Å²) >= 11 is 0. The number of ether oxygens (including phenoxy) is 3. The van der Waals surface area contributed by atoms with Crippen LogP contribution in [0.1, 0.15) is 16.8 Å². The van der Waals surface area contributed by atoms with Crippen molar-refractivity contribution in [1.82, 2.24) is 9.47 Å². The molecule has 0 bridgehead atoms. The first-order chi connectivity index (χ1) is 16.5. The number of fused-ring (bicyclic) bond motifs is 2. The first-order valence-corrected chi connectivity index (χ1v) is 11.3. The van der Waals surface area contributed by atoms with Crippen LogP contribution < -0.4 is 19.5 Å². The minimum atomic E-state index is -0.206. The minimum Gasteiger partial charge on any atom is -0.457 e. The van der Waals surface area contributed by atoms with Crippen LogP contribution in [0.25, 0.3) is 10.9 Å². The van der Waals surface area contributed by atoms with Gasteiger partial charge in [0.25, 0.3) is 5.91 Å². The lowest BCUT2D eigenvalue weighted by molar-refractivity contribution is 0.102. The Hall–Kier alpha value is -3.97. The molecule has 4 aromatic rings. The van der Waals surface area contributed by atoms with E-state index in [9.17, 15) is 4.79 Å². The Balaban J connectivity index is 1.22. The van der Waals surface area contributed by atoms with Gasteiger partial charge in [-0.2, -0.15) is 0 Å². The third kappa shape index (κ3) is 4.84. The lowest BCUT2D eigenvalue weighted by Crippen LogP contribution is -2.14. The second-order valence-electron chi connectivity index (χ2n) is 8.54. The van der Waals surface area contributed by atoms with Crippen LogP contribution in [0.15, 0.2) is 72.9 Å². The Bertz CT molecular complexity index is 1310. The number of hydrogen-bond donors (Lipinski definition) is 1. The van der Waals surface area contributed by atoms with E-state index in [4.69, 9.17) is 14.2 Å². The van der Waals surface area contributed by atoms with Crippen LogP contribution in [-0.4, -0.2) is 42.8 Å². The first kappa shape index (κ1) is 21.9. The van der Waals surface area contributed by atoms with E-state index in [-0.39, 0.29) is 12.7 Å². The van der Waals surface area contributed by atoms with Crippen molar-refractivity contribution in [3.05, 3.63) is 78.5 Å². The second kappa shape index (κ2) is 9.49. The number of anilines is 1. The molecule has 0 fully saturated rings. The fraction of sp³-hybridized carbons (Fsp3) is 0.222. The van der Waals surface area contributed by atoms with Crippen molar-refractivity contribution in [2.75, 3.05) is 32.7 Å². The van der Waals surface area contributed by atoms with Crippen molar-refractivity contribution < 1.29 is 19.0 Å². The van der Waals surface area contributed by atoms with Crippen LogP contribution in [0, 0.1) is 0 Å². The van der Waals surface area contributed by atoms with Crippen LogP contribution in [0.3, 0.4) is 0 Å². The van der Waals surface area contributed by atoms with Gasteiger partial charge in [0.15, 0.2) is 11.5 Å². The van der Waals surface area contributed by atoms with Crippen molar-refractivity contribution in [2.45, 2.75) is 13.0 Å². The lowest BCUT2D eigenvalue weighted by Gasteiger charge is -2.11. The molecule has 34 heavy (non-hydrogen) atoms. The number of carbonyl (C=O) groups excluding carboxylic acids is 1. The highest BCUT2D eigenvalue weighted by molar-refractivity contribution is 6.04. The van der Waals surface area contributed by atoms with Crippen LogP contribution in [-0.2, 0) is 6.54 Å². The molecule has 1 N–H and O–H groups in total. The van der Waals surface area contributed by atoms with E-state index in [2.05, 4.69) is 47.2 Å². The maximum Gasteiger partial charge on any atom is 0.255 e. The molecule has 0 saturated heterocycles. The number of rotatable bonds is 8. The smallest absolute Gasteiger partial charge is 0.255 e. The summed E-state index contributed by atoms with van der Waals surface area (Å²) in [5.74, 6) is 2.53. The van der Waals surface area contributed by atoms with Crippen molar-refractivity contribution in [2.24, 2.45) is 0 Å². The monoisotopic (exact) mass is 457 g/mol. The molecule has 1 aromatic heterocycles. The predicted octanol–water partition coefficient (Wildman–Crippen LogP) is 5.37. The van der Waals surface area contributed by atoms with Gasteiger partial charge >= 0.3 is 0 Å². The van der Waals surface area contributed by atoms with Gasteiger partial charge in [-0.25, -0.2) is 0 Å². The Kier molecular flexibility index (Phi) is 6.10. The Morgan fingerprint density at radius 1 is 0.971 bits per heavy atom. The summed E-state index contributed by atoms with van der Waals surface area (Å²) in [4.78, 5) is 14.8. The normalized spacial score (nSPS) is 12.3. The van der Waals surface area contributed by atoms with Gasteiger partial charge in [-0.1, -0.05) is 0 Å². The summed E-state index contributed by atoms with van der Waals surface area (Å²) in [5, 5.41) is 4.02. The van der Waals surface area contributed by atoms with E-state index in [0.717, 1.165) is 30.6 Å². The zero-order chi connectivity index (χ0) is 23.5. The van der Waals surface area contributed by atoms with E-state index in [0.29, 0.717) is 28.5 Å². The van der Waals surface area contributed by atoms with Crippen molar-refractivity contribution in [3.8, 4) is 23.0 Å². The Labute approximate surface area is 198 Å². The zero-order valence-corrected chi connectivity index (χ0v) is 19.3. The molecule has 0 radical (unpaired) electrons. The molecule has 2 heterocycles. The average molecular weight is 458 g/mol. The first-order valence-electron chi connectivity index (χ1n) is 11.3. The van der Waals surface area contributed by atoms with E-state index >= 15 is 0 Å². The third-order valence-corrected chi connectivity index (χ3v) is 5.73. The largest absolute Gasteiger partial charge is 0.457 e. The Morgan fingerprint density at radius 3 is 2.59 bits per heavy atom. The number of aryl methyl sites for hydroxylation is 1. The molecule has 7 nitrogen and oxygen atoms in total. The molecule has 0 saturated carbocycles. The maximum absolute atomic E-state index is 12.6. The fourth-order valence-corrected chi connectivity index (χ4v) is 3.98. The molecule has 0 aliphatic carbocycles. The molecule has 1 aliphatic heterocycles. The number of nitrogens with one attached hydrogen (secondary N) is 1. The summed E-state index contributed by atoms with van der Waals surface area (Å²) in [6, 6.07) is 20.6. The minimum absolute atomic E-state index is 0.198. The molecule has 0 unspecified atom stereocenters. The molecular formula is C27H27N3O4. The van der Waals surface area contributed by atoms with Gasteiger partial charge in [-0.3, -0.25) is 4.79 Å². The Morgan fingerprint density at radius 2 is 1.76 bits per heavy atom. The van der Waals surface area contributed by atoms with E-state index in [1.54, 1.807) is 42.5 Å².